The summed E-state index contributed by atoms with van der Waals surface area (Å²) in [5, 5.41) is 11.9. The van der Waals surface area contributed by atoms with Crippen molar-refractivity contribution < 1.29 is 5.11 Å². The summed E-state index contributed by atoms with van der Waals surface area (Å²) in [6.07, 6.45) is 2.54. The first-order chi connectivity index (χ1) is 6.79. The molecule has 1 N–H and O–H groups in total. The normalized spacial score (nSPS) is 10.7. The molecule has 0 aromatic carbocycles. The highest BCUT2D eigenvalue weighted by Gasteiger charge is 2.06. The van der Waals surface area contributed by atoms with Crippen molar-refractivity contribution in [1.29, 1.82) is 0 Å². The fourth-order valence-electron chi connectivity index (χ4n) is 1.07. The SMILES string of the molecule is OCCc1cnc(-c2cc(Br)cs2)s1. The number of aliphatic hydroxyl groups excluding tert-OH is 1. The molecule has 0 amide bonds. The average molecular weight is 290 g/mol. The molecule has 2 aromatic heterocycles. The molecule has 0 unspecified atom stereocenters. The van der Waals surface area contributed by atoms with Crippen LogP contribution in [0.15, 0.2) is 22.1 Å². The van der Waals surface area contributed by atoms with E-state index in [-0.39, 0.29) is 6.61 Å². The van der Waals surface area contributed by atoms with Gasteiger partial charge < -0.3 is 5.11 Å². The van der Waals surface area contributed by atoms with Crippen LogP contribution in [0.2, 0.25) is 0 Å². The summed E-state index contributed by atoms with van der Waals surface area (Å²) in [5.74, 6) is 0. The number of hydrogen-bond donors (Lipinski definition) is 1. The van der Waals surface area contributed by atoms with E-state index < -0.39 is 0 Å². The van der Waals surface area contributed by atoms with E-state index in [1.165, 1.54) is 4.88 Å². The minimum Gasteiger partial charge on any atom is -0.396 e. The Bertz CT molecular complexity index is 424. The smallest absolute Gasteiger partial charge is 0.133 e. The average Bonchev–Trinajstić information content (AvgIpc) is 2.74. The number of nitrogens with zero attached hydrogens (tertiary/aromatic N) is 1. The van der Waals surface area contributed by atoms with Crippen molar-refractivity contribution in [3.63, 3.8) is 0 Å². The molecule has 0 aliphatic carbocycles. The van der Waals surface area contributed by atoms with Gasteiger partial charge in [-0.1, -0.05) is 0 Å². The molecule has 0 spiro atoms. The highest BCUT2D eigenvalue weighted by atomic mass is 79.9. The standard InChI is InChI=1S/C9H8BrNOS2/c10-6-3-8(13-5-6)9-11-4-7(14-9)1-2-12/h3-5,12H,1-2H2. The molecular formula is C9H8BrNOS2. The fraction of sp³-hybridized carbons (Fsp3) is 0.222. The van der Waals surface area contributed by atoms with Crippen molar-refractivity contribution in [2.24, 2.45) is 0 Å². The van der Waals surface area contributed by atoms with Crippen LogP contribution in [0.25, 0.3) is 9.88 Å². The first-order valence-electron chi connectivity index (χ1n) is 4.09. The molecule has 14 heavy (non-hydrogen) atoms. The number of hydrogen-bond acceptors (Lipinski definition) is 4. The molecule has 2 nitrogen and oxygen atoms in total. The van der Waals surface area contributed by atoms with Crippen LogP contribution in [0, 0.1) is 0 Å². The third-order valence-corrected chi connectivity index (χ3v) is 4.61. The molecule has 0 aliphatic rings. The molecule has 2 heterocycles. The highest BCUT2D eigenvalue weighted by Crippen LogP contribution is 2.32. The predicted octanol–water partition coefficient (Wildman–Crippen LogP) is 3.17. The molecule has 0 fully saturated rings. The Hall–Kier alpha value is -0.230. The lowest BCUT2D eigenvalue weighted by Gasteiger charge is -1.87. The van der Waals surface area contributed by atoms with E-state index in [0.717, 1.165) is 14.4 Å². The van der Waals surface area contributed by atoms with E-state index in [1.54, 1.807) is 22.7 Å². The van der Waals surface area contributed by atoms with E-state index in [2.05, 4.69) is 27.0 Å². The minimum atomic E-state index is 0.190. The molecule has 0 saturated heterocycles. The maximum absolute atomic E-state index is 8.78. The van der Waals surface area contributed by atoms with Gasteiger partial charge in [0, 0.05) is 34.0 Å². The summed E-state index contributed by atoms with van der Waals surface area (Å²) in [4.78, 5) is 6.62. The van der Waals surface area contributed by atoms with Crippen molar-refractivity contribution in [1.82, 2.24) is 4.98 Å². The van der Waals surface area contributed by atoms with E-state index in [9.17, 15) is 0 Å². The van der Waals surface area contributed by atoms with Crippen LogP contribution in [-0.4, -0.2) is 16.7 Å². The van der Waals surface area contributed by atoms with Crippen LogP contribution in [0.3, 0.4) is 0 Å². The summed E-state index contributed by atoms with van der Waals surface area (Å²) >= 11 is 6.73. The topological polar surface area (TPSA) is 33.1 Å². The van der Waals surface area contributed by atoms with Gasteiger partial charge in [-0.05, 0) is 22.0 Å². The lowest BCUT2D eigenvalue weighted by molar-refractivity contribution is 0.300. The Morgan fingerprint density at radius 3 is 3.00 bits per heavy atom. The van der Waals surface area contributed by atoms with E-state index in [0.29, 0.717) is 6.42 Å². The Balaban J connectivity index is 2.24. The van der Waals surface area contributed by atoms with Crippen molar-refractivity contribution in [2.75, 3.05) is 6.61 Å². The number of halogens is 1. The van der Waals surface area contributed by atoms with E-state index >= 15 is 0 Å². The van der Waals surface area contributed by atoms with Crippen LogP contribution in [0.4, 0.5) is 0 Å². The number of aliphatic hydroxyl groups is 1. The third kappa shape index (κ3) is 2.23. The molecular weight excluding hydrogens is 282 g/mol. The zero-order chi connectivity index (χ0) is 9.97. The Morgan fingerprint density at radius 2 is 2.36 bits per heavy atom. The van der Waals surface area contributed by atoms with Crippen molar-refractivity contribution in [3.05, 3.63) is 27.0 Å². The van der Waals surface area contributed by atoms with Gasteiger partial charge in [0.2, 0.25) is 0 Å². The van der Waals surface area contributed by atoms with Gasteiger partial charge in [0.15, 0.2) is 0 Å². The molecule has 74 valence electrons. The lowest BCUT2D eigenvalue weighted by atomic mass is 10.4. The summed E-state index contributed by atoms with van der Waals surface area (Å²) in [6.45, 7) is 0.190. The van der Waals surface area contributed by atoms with Crippen LogP contribution >= 0.6 is 38.6 Å². The zero-order valence-electron chi connectivity index (χ0n) is 7.24. The predicted molar refractivity (Wildman–Crippen MR) is 63.9 cm³/mol. The van der Waals surface area contributed by atoms with Gasteiger partial charge in [-0.15, -0.1) is 22.7 Å². The molecule has 5 heteroatoms. The monoisotopic (exact) mass is 289 g/mol. The highest BCUT2D eigenvalue weighted by molar-refractivity contribution is 9.10. The van der Waals surface area contributed by atoms with Gasteiger partial charge in [-0.25, -0.2) is 4.98 Å². The largest absolute Gasteiger partial charge is 0.396 e. The molecule has 0 saturated carbocycles. The number of thiazole rings is 1. The second kappa shape index (κ2) is 4.53. The van der Waals surface area contributed by atoms with Crippen LogP contribution in [0.5, 0.6) is 0 Å². The van der Waals surface area contributed by atoms with Crippen LogP contribution in [-0.2, 0) is 6.42 Å². The second-order valence-electron chi connectivity index (χ2n) is 2.73. The zero-order valence-corrected chi connectivity index (χ0v) is 10.5. The lowest BCUT2D eigenvalue weighted by Crippen LogP contribution is -1.84. The number of thiophene rings is 1. The molecule has 0 atom stereocenters. The summed E-state index contributed by atoms with van der Waals surface area (Å²) in [7, 11) is 0. The van der Waals surface area contributed by atoms with Gasteiger partial charge in [0.25, 0.3) is 0 Å². The molecule has 0 radical (unpaired) electrons. The first-order valence-corrected chi connectivity index (χ1v) is 6.58. The molecule has 2 aromatic rings. The van der Waals surface area contributed by atoms with E-state index in [4.69, 9.17) is 5.11 Å². The second-order valence-corrected chi connectivity index (χ2v) is 5.68. The molecule has 0 bridgehead atoms. The summed E-state index contributed by atoms with van der Waals surface area (Å²) in [5.41, 5.74) is 0. The maximum Gasteiger partial charge on any atom is 0.133 e. The van der Waals surface area contributed by atoms with Crippen molar-refractivity contribution in [2.45, 2.75) is 6.42 Å². The van der Waals surface area contributed by atoms with Crippen molar-refractivity contribution in [3.8, 4) is 9.88 Å². The summed E-state index contributed by atoms with van der Waals surface area (Å²) in [6, 6.07) is 2.06. The Kier molecular flexibility index (Phi) is 3.33. The van der Waals surface area contributed by atoms with Gasteiger partial charge in [0.1, 0.15) is 5.01 Å². The Morgan fingerprint density at radius 1 is 1.50 bits per heavy atom. The quantitative estimate of drug-likeness (QED) is 0.942. The van der Waals surface area contributed by atoms with Crippen molar-refractivity contribution >= 4 is 38.6 Å². The number of rotatable bonds is 3. The van der Waals surface area contributed by atoms with Crippen LogP contribution < -0.4 is 0 Å². The van der Waals surface area contributed by atoms with Gasteiger partial charge in [-0.2, -0.15) is 0 Å². The third-order valence-electron chi connectivity index (χ3n) is 1.69. The minimum absolute atomic E-state index is 0.190. The van der Waals surface area contributed by atoms with Gasteiger partial charge in [-0.3, -0.25) is 0 Å². The van der Waals surface area contributed by atoms with Crippen LogP contribution in [0.1, 0.15) is 4.88 Å². The fourth-order valence-corrected chi connectivity index (χ4v) is 3.47. The summed E-state index contributed by atoms with van der Waals surface area (Å²) < 4.78 is 1.09. The number of aromatic nitrogens is 1. The first kappa shape index (κ1) is 10.3. The van der Waals surface area contributed by atoms with Gasteiger partial charge >= 0.3 is 0 Å². The van der Waals surface area contributed by atoms with Gasteiger partial charge in [0.05, 0.1) is 4.88 Å². The molecule has 0 aliphatic heterocycles. The molecule has 2 rings (SSSR count). The Labute approximate surface area is 98.4 Å². The maximum atomic E-state index is 8.78. The van der Waals surface area contributed by atoms with E-state index in [1.807, 2.05) is 11.6 Å².